The van der Waals surface area contributed by atoms with E-state index in [2.05, 4.69) is 0 Å². The Balaban J connectivity index is 2.80. The van der Waals surface area contributed by atoms with Crippen molar-refractivity contribution >= 4 is 17.6 Å². The van der Waals surface area contributed by atoms with Gasteiger partial charge in [-0.1, -0.05) is 12.1 Å². The van der Waals surface area contributed by atoms with Crippen LogP contribution >= 0.6 is 0 Å². The van der Waals surface area contributed by atoms with Crippen LogP contribution in [0.25, 0.3) is 11.1 Å². The molecule has 0 aromatic heterocycles. The second-order valence-corrected chi connectivity index (χ2v) is 4.47. The first-order chi connectivity index (χ1) is 9.40. The molecule has 102 valence electrons. The minimum Gasteiger partial charge on any atom is -0.478 e. The normalized spacial score (nSPS) is 10.2. The largest absolute Gasteiger partial charge is 0.478 e. The fourth-order valence-electron chi connectivity index (χ4n) is 2.08. The van der Waals surface area contributed by atoms with Crippen LogP contribution in [0, 0.1) is 6.92 Å². The van der Waals surface area contributed by atoms with Crippen molar-refractivity contribution in [2.24, 2.45) is 0 Å². The van der Waals surface area contributed by atoms with Gasteiger partial charge in [0, 0.05) is 11.3 Å². The molecular formula is C15H13NO4. The minimum atomic E-state index is -1.16. The van der Waals surface area contributed by atoms with E-state index in [9.17, 15) is 19.8 Å². The summed E-state index contributed by atoms with van der Waals surface area (Å²) < 4.78 is 0. The number of hydrogen-bond donors (Lipinski definition) is 3. The van der Waals surface area contributed by atoms with Gasteiger partial charge < -0.3 is 15.9 Å². The quantitative estimate of drug-likeness (QED) is 0.745. The molecule has 0 spiro atoms. The highest BCUT2D eigenvalue weighted by atomic mass is 16.4. The van der Waals surface area contributed by atoms with E-state index in [0.717, 1.165) is 0 Å². The lowest BCUT2D eigenvalue weighted by molar-refractivity contribution is 0.0696. The monoisotopic (exact) mass is 271 g/mol. The minimum absolute atomic E-state index is 0.0350. The van der Waals surface area contributed by atoms with Crippen LogP contribution in [0.1, 0.15) is 26.3 Å². The third-order valence-corrected chi connectivity index (χ3v) is 2.94. The predicted molar refractivity (Wildman–Crippen MR) is 74.9 cm³/mol. The molecule has 0 saturated carbocycles. The second-order valence-electron chi connectivity index (χ2n) is 4.47. The summed E-state index contributed by atoms with van der Waals surface area (Å²) in [6, 6.07) is 9.34. The molecule has 0 bridgehead atoms. The summed E-state index contributed by atoms with van der Waals surface area (Å²) >= 11 is 0. The lowest BCUT2D eigenvalue weighted by Gasteiger charge is -2.12. The van der Waals surface area contributed by atoms with Crippen LogP contribution in [0.2, 0.25) is 0 Å². The predicted octanol–water partition coefficient (Wildman–Crippen LogP) is 2.64. The number of hydrogen-bond acceptors (Lipinski definition) is 3. The third kappa shape index (κ3) is 2.47. The van der Waals surface area contributed by atoms with E-state index in [1.54, 1.807) is 31.2 Å². The van der Waals surface area contributed by atoms with E-state index in [-0.39, 0.29) is 16.7 Å². The zero-order chi connectivity index (χ0) is 14.9. The molecule has 0 unspecified atom stereocenters. The Morgan fingerprint density at radius 1 is 0.950 bits per heavy atom. The molecule has 20 heavy (non-hydrogen) atoms. The van der Waals surface area contributed by atoms with Crippen molar-refractivity contribution in [3.8, 4) is 11.1 Å². The maximum absolute atomic E-state index is 11.4. The van der Waals surface area contributed by atoms with Crippen LogP contribution in [-0.2, 0) is 0 Å². The van der Waals surface area contributed by atoms with Gasteiger partial charge in [0.05, 0.1) is 11.1 Å². The summed E-state index contributed by atoms with van der Waals surface area (Å²) in [6.45, 7) is 1.66. The lowest BCUT2D eigenvalue weighted by Crippen LogP contribution is -2.08. The van der Waals surface area contributed by atoms with Gasteiger partial charge in [0.25, 0.3) is 0 Å². The number of anilines is 1. The van der Waals surface area contributed by atoms with Gasteiger partial charge in [-0.2, -0.15) is 0 Å². The lowest BCUT2D eigenvalue weighted by atomic mass is 9.92. The first-order valence-electron chi connectivity index (χ1n) is 5.87. The molecule has 0 atom stereocenters. The molecule has 0 radical (unpaired) electrons. The second kappa shape index (κ2) is 5.05. The Labute approximate surface area is 115 Å². The van der Waals surface area contributed by atoms with Crippen molar-refractivity contribution in [1.29, 1.82) is 0 Å². The van der Waals surface area contributed by atoms with E-state index in [1.807, 2.05) is 0 Å². The van der Waals surface area contributed by atoms with Crippen molar-refractivity contribution in [3.05, 3.63) is 53.1 Å². The topological polar surface area (TPSA) is 101 Å². The van der Waals surface area contributed by atoms with Crippen LogP contribution in [0.15, 0.2) is 36.4 Å². The molecule has 2 rings (SSSR count). The van der Waals surface area contributed by atoms with Crippen molar-refractivity contribution in [2.75, 3.05) is 5.73 Å². The Hall–Kier alpha value is -2.82. The van der Waals surface area contributed by atoms with Crippen molar-refractivity contribution in [1.82, 2.24) is 0 Å². The average molecular weight is 271 g/mol. The van der Waals surface area contributed by atoms with Crippen LogP contribution < -0.4 is 5.73 Å². The summed E-state index contributed by atoms with van der Waals surface area (Å²) in [4.78, 5) is 22.7. The highest BCUT2D eigenvalue weighted by Gasteiger charge is 2.20. The molecule has 0 amide bonds. The zero-order valence-electron chi connectivity index (χ0n) is 10.8. The first-order valence-corrected chi connectivity index (χ1v) is 5.87. The number of carboxylic acid groups (broad SMARTS) is 2. The molecule has 2 aromatic rings. The van der Waals surface area contributed by atoms with Gasteiger partial charge in [0.15, 0.2) is 0 Å². The molecule has 0 aliphatic rings. The summed E-state index contributed by atoms with van der Waals surface area (Å²) in [6.07, 6.45) is 0. The maximum Gasteiger partial charge on any atom is 0.336 e. The Morgan fingerprint density at radius 3 is 1.80 bits per heavy atom. The smallest absolute Gasteiger partial charge is 0.336 e. The van der Waals surface area contributed by atoms with Crippen LogP contribution in [0.4, 0.5) is 5.69 Å². The van der Waals surface area contributed by atoms with Gasteiger partial charge >= 0.3 is 11.9 Å². The molecule has 0 fully saturated rings. The Bertz CT molecular complexity index is 655. The van der Waals surface area contributed by atoms with Gasteiger partial charge in [-0.05, 0) is 42.3 Å². The van der Waals surface area contributed by atoms with Gasteiger partial charge in [-0.15, -0.1) is 0 Å². The van der Waals surface area contributed by atoms with E-state index >= 15 is 0 Å². The van der Waals surface area contributed by atoms with E-state index in [4.69, 9.17) is 5.73 Å². The summed E-state index contributed by atoms with van der Waals surface area (Å²) in [5.41, 5.74) is 7.33. The summed E-state index contributed by atoms with van der Waals surface area (Å²) in [5.74, 6) is -2.33. The number of aromatic carboxylic acids is 2. The van der Waals surface area contributed by atoms with Gasteiger partial charge in [0.1, 0.15) is 0 Å². The molecule has 0 aliphatic carbocycles. The fraction of sp³-hybridized carbons (Fsp3) is 0.0667. The van der Waals surface area contributed by atoms with Crippen molar-refractivity contribution < 1.29 is 19.8 Å². The van der Waals surface area contributed by atoms with E-state index in [1.165, 1.54) is 12.1 Å². The number of aryl methyl sites for hydroxylation is 1. The Kier molecular flexibility index (Phi) is 3.43. The number of carbonyl (C=O) groups is 2. The fourth-order valence-corrected chi connectivity index (χ4v) is 2.08. The molecule has 5 heteroatoms. The zero-order valence-corrected chi connectivity index (χ0v) is 10.8. The van der Waals surface area contributed by atoms with E-state index in [0.29, 0.717) is 16.8 Å². The summed E-state index contributed by atoms with van der Waals surface area (Å²) in [7, 11) is 0. The van der Waals surface area contributed by atoms with Crippen molar-refractivity contribution in [3.63, 3.8) is 0 Å². The van der Waals surface area contributed by atoms with Gasteiger partial charge in [-0.3, -0.25) is 0 Å². The first kappa shape index (κ1) is 13.6. The number of nitrogen functional groups attached to an aromatic ring is 1. The van der Waals surface area contributed by atoms with Crippen LogP contribution in [-0.4, -0.2) is 22.2 Å². The van der Waals surface area contributed by atoms with Gasteiger partial charge in [-0.25, -0.2) is 9.59 Å². The maximum atomic E-state index is 11.4. The highest BCUT2D eigenvalue weighted by molar-refractivity contribution is 6.05. The van der Waals surface area contributed by atoms with Crippen molar-refractivity contribution in [2.45, 2.75) is 6.92 Å². The van der Waals surface area contributed by atoms with Crippen LogP contribution in [0.3, 0.4) is 0 Å². The van der Waals surface area contributed by atoms with Gasteiger partial charge in [0.2, 0.25) is 0 Å². The highest BCUT2D eigenvalue weighted by Crippen LogP contribution is 2.30. The average Bonchev–Trinajstić information content (AvgIpc) is 2.38. The molecule has 0 heterocycles. The SMILES string of the molecule is Cc1cc(C(=O)O)c(-c2ccc(N)cc2)c(C(=O)O)c1. The third-order valence-electron chi connectivity index (χ3n) is 2.94. The van der Waals surface area contributed by atoms with E-state index < -0.39 is 11.9 Å². The molecule has 2 aromatic carbocycles. The molecule has 0 saturated heterocycles. The number of rotatable bonds is 3. The number of benzene rings is 2. The summed E-state index contributed by atoms with van der Waals surface area (Å²) in [5, 5.41) is 18.6. The Morgan fingerprint density at radius 2 is 1.40 bits per heavy atom. The standard InChI is InChI=1S/C15H13NO4/c1-8-6-11(14(17)18)13(12(7-8)15(19)20)9-2-4-10(16)5-3-9/h2-7H,16H2,1H3,(H,17,18)(H,19,20). The number of nitrogens with two attached hydrogens (primary N) is 1. The number of carboxylic acids is 2. The van der Waals surface area contributed by atoms with Crippen LogP contribution in [0.5, 0.6) is 0 Å². The molecule has 5 nitrogen and oxygen atoms in total. The molecular weight excluding hydrogens is 258 g/mol. The molecule has 0 aliphatic heterocycles. The molecule has 4 N–H and O–H groups in total.